The van der Waals surface area contributed by atoms with E-state index in [9.17, 15) is 0 Å². The number of aromatic nitrogens is 4. The van der Waals surface area contributed by atoms with Crippen molar-refractivity contribution < 1.29 is 9.47 Å². The third-order valence-electron chi connectivity index (χ3n) is 11.0. The zero-order valence-electron chi connectivity index (χ0n) is 35.2. The molecule has 0 aliphatic carbocycles. The van der Waals surface area contributed by atoms with Crippen LogP contribution in [-0.4, -0.2) is 33.1 Å². The van der Waals surface area contributed by atoms with Crippen molar-refractivity contribution in [1.82, 2.24) is 19.9 Å². The first kappa shape index (κ1) is 43.2. The number of fused-ring (bicyclic) bond motifs is 1. The van der Waals surface area contributed by atoms with Gasteiger partial charge < -0.3 is 9.47 Å². The number of pyridine rings is 2. The second-order valence-electron chi connectivity index (χ2n) is 17.3. The lowest BCUT2D eigenvalue weighted by Crippen LogP contribution is -2.09. The van der Waals surface area contributed by atoms with Crippen molar-refractivity contribution in [2.24, 2.45) is 35.5 Å². The fourth-order valence-electron chi connectivity index (χ4n) is 7.35. The standard InChI is InChI=1S/C48H72N4O2/c1-35(2)17-13-19-37(5)21-15-23-39(7)27-31-53-45-33-43-44(34-46(45)54-32-28-40(8)24-16-22-38(6)20-14-18-36(3)4)52-48(42-26-10-12-30-50-42)47(51-43)41-25-9-11-29-49-41/h9-12,25-26,29-30,33-40H,13-24,27-28,31-32H2,1-8H3/t37-,38-,39-,40-/m0/s1. The lowest BCUT2D eigenvalue weighted by atomic mass is 9.93. The lowest BCUT2D eigenvalue weighted by molar-refractivity contribution is 0.237. The summed E-state index contributed by atoms with van der Waals surface area (Å²) in [6.07, 6.45) is 21.4. The van der Waals surface area contributed by atoms with E-state index in [1.54, 1.807) is 12.4 Å². The molecule has 0 amide bonds. The highest BCUT2D eigenvalue weighted by Crippen LogP contribution is 2.36. The van der Waals surface area contributed by atoms with Gasteiger partial charge in [-0.3, -0.25) is 9.97 Å². The molecule has 0 bridgehead atoms. The number of benzene rings is 1. The minimum Gasteiger partial charge on any atom is -0.490 e. The summed E-state index contributed by atoms with van der Waals surface area (Å²) in [6.45, 7) is 20.2. The monoisotopic (exact) mass is 737 g/mol. The van der Waals surface area contributed by atoms with Crippen LogP contribution in [0.2, 0.25) is 0 Å². The zero-order valence-corrected chi connectivity index (χ0v) is 35.2. The fourth-order valence-corrected chi connectivity index (χ4v) is 7.35. The second-order valence-corrected chi connectivity index (χ2v) is 17.3. The molecule has 3 aromatic heterocycles. The van der Waals surface area contributed by atoms with E-state index >= 15 is 0 Å². The summed E-state index contributed by atoms with van der Waals surface area (Å²) in [5, 5.41) is 0. The molecule has 0 unspecified atom stereocenters. The van der Waals surface area contributed by atoms with Gasteiger partial charge in [0, 0.05) is 24.5 Å². The van der Waals surface area contributed by atoms with Gasteiger partial charge >= 0.3 is 0 Å². The number of nitrogens with zero attached hydrogens (tertiary/aromatic N) is 4. The molecule has 0 saturated carbocycles. The van der Waals surface area contributed by atoms with Gasteiger partial charge in [0.25, 0.3) is 0 Å². The average molecular weight is 737 g/mol. The Kier molecular flexibility index (Phi) is 18.7. The van der Waals surface area contributed by atoms with E-state index in [4.69, 9.17) is 19.4 Å². The fraction of sp³-hybridized carbons (Fsp3) is 0.625. The van der Waals surface area contributed by atoms with Crippen LogP contribution in [0.25, 0.3) is 33.8 Å². The lowest BCUT2D eigenvalue weighted by Gasteiger charge is -2.18. The molecule has 3 heterocycles. The molecule has 0 spiro atoms. The maximum absolute atomic E-state index is 6.55. The minimum atomic E-state index is 0.605. The molecule has 4 rings (SSSR count). The second kappa shape index (κ2) is 23.4. The Labute approximate surface area is 328 Å². The summed E-state index contributed by atoms with van der Waals surface area (Å²) in [6, 6.07) is 15.8. The summed E-state index contributed by atoms with van der Waals surface area (Å²) in [4.78, 5) is 19.5. The van der Waals surface area contributed by atoms with E-state index in [1.807, 2.05) is 48.5 Å². The molecule has 6 heteroatoms. The number of hydrogen-bond acceptors (Lipinski definition) is 6. The molecule has 0 saturated heterocycles. The molecule has 0 fully saturated rings. The number of rotatable bonds is 26. The summed E-state index contributed by atoms with van der Waals surface area (Å²) >= 11 is 0. The van der Waals surface area contributed by atoms with Gasteiger partial charge in [-0.05, 0) is 72.6 Å². The highest BCUT2D eigenvalue weighted by molar-refractivity contribution is 5.86. The molecule has 54 heavy (non-hydrogen) atoms. The molecule has 1 aromatic carbocycles. The predicted molar refractivity (Wildman–Crippen MR) is 228 cm³/mol. The zero-order chi connectivity index (χ0) is 38.7. The van der Waals surface area contributed by atoms with Gasteiger partial charge in [-0.25, -0.2) is 9.97 Å². The smallest absolute Gasteiger partial charge is 0.163 e. The van der Waals surface area contributed by atoms with Crippen LogP contribution in [-0.2, 0) is 0 Å². The predicted octanol–water partition coefficient (Wildman–Crippen LogP) is 13.8. The first-order valence-corrected chi connectivity index (χ1v) is 21.5. The maximum Gasteiger partial charge on any atom is 0.163 e. The Hall–Kier alpha value is -3.54. The largest absolute Gasteiger partial charge is 0.490 e. The Bertz CT molecular complexity index is 1490. The van der Waals surface area contributed by atoms with E-state index in [0.29, 0.717) is 36.4 Å². The van der Waals surface area contributed by atoms with Crippen LogP contribution in [0.4, 0.5) is 0 Å². The van der Waals surface area contributed by atoms with Crippen LogP contribution in [0, 0.1) is 35.5 Å². The van der Waals surface area contributed by atoms with E-state index in [0.717, 1.165) is 70.4 Å². The van der Waals surface area contributed by atoms with Gasteiger partial charge in [-0.1, -0.05) is 145 Å². The third-order valence-corrected chi connectivity index (χ3v) is 11.0. The first-order valence-electron chi connectivity index (χ1n) is 21.5. The Balaban J connectivity index is 1.44. The van der Waals surface area contributed by atoms with Gasteiger partial charge in [-0.15, -0.1) is 0 Å². The van der Waals surface area contributed by atoms with Crippen molar-refractivity contribution in [3.63, 3.8) is 0 Å². The van der Waals surface area contributed by atoms with E-state index < -0.39 is 0 Å². The summed E-state index contributed by atoms with van der Waals surface area (Å²) in [5.74, 6) is 5.92. The average Bonchev–Trinajstić information content (AvgIpc) is 3.15. The van der Waals surface area contributed by atoms with Gasteiger partial charge in [-0.2, -0.15) is 0 Å². The number of ether oxygens (including phenoxy) is 2. The molecule has 0 radical (unpaired) electrons. The molecule has 4 atom stereocenters. The highest BCUT2D eigenvalue weighted by atomic mass is 16.5. The van der Waals surface area contributed by atoms with Crippen molar-refractivity contribution in [1.29, 1.82) is 0 Å². The molecular formula is C48H72N4O2. The molecular weight excluding hydrogens is 665 g/mol. The molecule has 0 aliphatic heterocycles. The van der Waals surface area contributed by atoms with Crippen LogP contribution in [0.1, 0.15) is 145 Å². The van der Waals surface area contributed by atoms with Crippen molar-refractivity contribution in [3.05, 3.63) is 60.9 Å². The minimum absolute atomic E-state index is 0.605. The van der Waals surface area contributed by atoms with Crippen molar-refractivity contribution in [3.8, 4) is 34.3 Å². The van der Waals surface area contributed by atoms with Crippen LogP contribution in [0.5, 0.6) is 11.5 Å². The molecule has 296 valence electrons. The van der Waals surface area contributed by atoms with E-state index in [-0.39, 0.29) is 0 Å². The van der Waals surface area contributed by atoms with Crippen LogP contribution in [0.15, 0.2) is 60.9 Å². The molecule has 6 nitrogen and oxygen atoms in total. The van der Waals surface area contributed by atoms with Crippen molar-refractivity contribution in [2.75, 3.05) is 13.2 Å². The van der Waals surface area contributed by atoms with Gasteiger partial charge in [0.15, 0.2) is 11.5 Å². The topological polar surface area (TPSA) is 70.0 Å². The first-order chi connectivity index (χ1) is 26.1. The Morgan fingerprint density at radius 3 is 1.13 bits per heavy atom. The van der Waals surface area contributed by atoms with Gasteiger partial charge in [0.1, 0.15) is 11.4 Å². The normalized spacial score (nSPS) is 14.0. The van der Waals surface area contributed by atoms with E-state index in [1.165, 1.54) is 77.0 Å². The quantitative estimate of drug-likeness (QED) is 0.0639. The van der Waals surface area contributed by atoms with Crippen molar-refractivity contribution >= 4 is 11.0 Å². The third kappa shape index (κ3) is 15.3. The molecule has 4 aromatic rings. The van der Waals surface area contributed by atoms with E-state index in [2.05, 4.69) is 65.4 Å². The Morgan fingerprint density at radius 2 is 0.796 bits per heavy atom. The van der Waals surface area contributed by atoms with Crippen LogP contribution in [0.3, 0.4) is 0 Å². The summed E-state index contributed by atoms with van der Waals surface area (Å²) in [7, 11) is 0. The van der Waals surface area contributed by atoms with Crippen LogP contribution < -0.4 is 9.47 Å². The number of hydrogen-bond donors (Lipinski definition) is 0. The summed E-state index contributed by atoms with van der Waals surface area (Å²) < 4.78 is 13.1. The van der Waals surface area contributed by atoms with Gasteiger partial charge in [0.2, 0.25) is 0 Å². The van der Waals surface area contributed by atoms with Crippen LogP contribution >= 0.6 is 0 Å². The molecule has 0 N–H and O–H groups in total. The summed E-state index contributed by atoms with van der Waals surface area (Å²) in [5.41, 5.74) is 4.45. The van der Waals surface area contributed by atoms with Crippen molar-refractivity contribution in [2.45, 2.75) is 145 Å². The SMILES string of the molecule is CC(C)CCC[C@H](C)CCC[C@H](C)CCOc1cc2nc(-c3ccccn3)c(-c3ccccn3)nc2cc1OCC[C@@H](C)CCC[C@@H](C)CCCC(C)C. The van der Waals surface area contributed by atoms with Gasteiger partial charge in [0.05, 0.1) is 35.6 Å². The Morgan fingerprint density at radius 1 is 0.444 bits per heavy atom. The highest BCUT2D eigenvalue weighted by Gasteiger charge is 2.19. The maximum atomic E-state index is 6.55. The molecule has 0 aliphatic rings.